The SMILES string of the molecule is CSc1cccc(-c2cnc(-c3ccc(C[C@H](CC(=O)c4ccc(C(C)(C)C)s4)C(=O)N[C@H](C)C(=O)O)cc3)nc2)c1. The molecule has 0 unspecified atom stereocenters. The van der Waals surface area contributed by atoms with Crippen molar-refractivity contribution in [3.05, 3.63) is 88.4 Å². The van der Waals surface area contributed by atoms with Gasteiger partial charge in [0.2, 0.25) is 5.91 Å². The lowest BCUT2D eigenvalue weighted by molar-refractivity contribution is -0.141. The van der Waals surface area contributed by atoms with Crippen LogP contribution in [0.4, 0.5) is 0 Å². The average Bonchev–Trinajstić information content (AvgIpc) is 3.49. The summed E-state index contributed by atoms with van der Waals surface area (Å²) < 4.78 is 0. The van der Waals surface area contributed by atoms with Crippen LogP contribution in [0.5, 0.6) is 0 Å². The molecule has 4 rings (SSSR count). The third kappa shape index (κ3) is 7.92. The lowest BCUT2D eigenvalue weighted by atomic mass is 9.92. The van der Waals surface area contributed by atoms with Crippen molar-refractivity contribution in [1.82, 2.24) is 15.3 Å². The Morgan fingerprint density at radius 1 is 0.952 bits per heavy atom. The quantitative estimate of drug-likeness (QED) is 0.142. The van der Waals surface area contributed by atoms with Crippen molar-refractivity contribution in [2.75, 3.05) is 6.26 Å². The number of benzene rings is 2. The molecule has 4 aromatic rings. The molecule has 0 bridgehead atoms. The fourth-order valence-electron chi connectivity index (χ4n) is 4.37. The number of nitrogens with one attached hydrogen (secondary N) is 1. The lowest BCUT2D eigenvalue weighted by Gasteiger charge is -2.18. The van der Waals surface area contributed by atoms with E-state index in [9.17, 15) is 19.5 Å². The number of carbonyl (C=O) groups is 3. The molecule has 0 radical (unpaired) electrons. The fraction of sp³-hybridized carbons (Fsp3) is 0.303. The van der Waals surface area contributed by atoms with Gasteiger partial charge in [0, 0.05) is 45.6 Å². The maximum Gasteiger partial charge on any atom is 0.325 e. The molecule has 218 valence electrons. The maximum absolute atomic E-state index is 13.2. The molecule has 2 heterocycles. The number of thioether (sulfide) groups is 1. The van der Waals surface area contributed by atoms with E-state index in [0.29, 0.717) is 10.7 Å². The molecule has 0 aliphatic rings. The Hall–Kier alpha value is -3.82. The summed E-state index contributed by atoms with van der Waals surface area (Å²) in [5.74, 6) is -1.86. The van der Waals surface area contributed by atoms with Gasteiger partial charge in [-0.25, -0.2) is 9.97 Å². The maximum atomic E-state index is 13.2. The van der Waals surface area contributed by atoms with Crippen molar-refractivity contribution in [1.29, 1.82) is 0 Å². The number of carboxylic acid groups (broad SMARTS) is 1. The minimum Gasteiger partial charge on any atom is -0.480 e. The zero-order valence-corrected chi connectivity index (χ0v) is 26.0. The average molecular weight is 602 g/mol. The Balaban J connectivity index is 1.50. The summed E-state index contributed by atoms with van der Waals surface area (Å²) in [5, 5.41) is 11.8. The van der Waals surface area contributed by atoms with Crippen molar-refractivity contribution >= 4 is 40.8 Å². The van der Waals surface area contributed by atoms with Crippen LogP contribution >= 0.6 is 23.1 Å². The van der Waals surface area contributed by atoms with E-state index in [-0.39, 0.29) is 24.0 Å². The number of nitrogens with zero attached hydrogens (tertiary/aromatic N) is 2. The van der Waals surface area contributed by atoms with Crippen molar-refractivity contribution < 1.29 is 19.5 Å². The van der Waals surface area contributed by atoms with E-state index in [1.54, 1.807) is 24.2 Å². The molecule has 9 heteroatoms. The van der Waals surface area contributed by atoms with Crippen molar-refractivity contribution in [2.24, 2.45) is 5.92 Å². The van der Waals surface area contributed by atoms with Crippen LogP contribution < -0.4 is 5.32 Å². The molecule has 2 aromatic carbocycles. The largest absolute Gasteiger partial charge is 0.480 e. The van der Waals surface area contributed by atoms with E-state index in [1.807, 2.05) is 54.8 Å². The first-order valence-electron chi connectivity index (χ1n) is 13.7. The number of aromatic nitrogens is 2. The molecule has 2 N–H and O–H groups in total. The van der Waals surface area contributed by atoms with Crippen LogP contribution in [0.25, 0.3) is 22.5 Å². The normalized spacial score (nSPS) is 12.9. The van der Waals surface area contributed by atoms with E-state index in [1.165, 1.54) is 23.2 Å². The van der Waals surface area contributed by atoms with Crippen LogP contribution in [0.2, 0.25) is 0 Å². The molecular formula is C33H35N3O4S2. The Kier molecular flexibility index (Phi) is 9.96. The van der Waals surface area contributed by atoms with Gasteiger partial charge in [-0.2, -0.15) is 0 Å². The number of carboxylic acids is 1. The molecular weight excluding hydrogens is 567 g/mol. The molecule has 0 spiro atoms. The molecule has 0 aliphatic carbocycles. The number of hydrogen-bond acceptors (Lipinski definition) is 7. The van der Waals surface area contributed by atoms with E-state index in [0.717, 1.165) is 27.1 Å². The van der Waals surface area contributed by atoms with Crippen LogP contribution in [-0.4, -0.2) is 45.0 Å². The highest BCUT2D eigenvalue weighted by Gasteiger charge is 2.27. The summed E-state index contributed by atoms with van der Waals surface area (Å²) in [6.07, 6.45) is 5.92. The smallest absolute Gasteiger partial charge is 0.325 e. The molecule has 0 saturated heterocycles. The van der Waals surface area contributed by atoms with Gasteiger partial charge in [0.15, 0.2) is 11.6 Å². The van der Waals surface area contributed by atoms with Crippen LogP contribution in [0, 0.1) is 5.92 Å². The zero-order chi connectivity index (χ0) is 30.4. The molecule has 0 fully saturated rings. The number of rotatable bonds is 11. The second kappa shape index (κ2) is 13.4. The topological polar surface area (TPSA) is 109 Å². The van der Waals surface area contributed by atoms with Gasteiger partial charge in [0.05, 0.1) is 4.88 Å². The molecule has 1 amide bonds. The van der Waals surface area contributed by atoms with E-state index in [2.05, 4.69) is 48.2 Å². The Morgan fingerprint density at radius 2 is 1.64 bits per heavy atom. The Bertz CT molecular complexity index is 1560. The van der Waals surface area contributed by atoms with Crippen LogP contribution in [-0.2, 0) is 21.4 Å². The number of carbonyl (C=O) groups excluding carboxylic acids is 2. The first-order valence-corrected chi connectivity index (χ1v) is 15.7. The number of thiophene rings is 1. The standard InChI is InChI=1S/C33H35N3O4S2/c1-20(32(39)40)36-31(38)24(17-27(37)28-13-14-29(42-28)33(2,3)4)15-21-9-11-22(12-10-21)30-34-18-25(19-35-30)23-7-6-8-26(16-23)41-5/h6-14,16,18-20,24H,15,17H2,1-5H3,(H,36,38)(H,39,40)/t20-,24-/m1/s1. The van der Waals surface area contributed by atoms with E-state index < -0.39 is 23.8 Å². The van der Waals surface area contributed by atoms with Gasteiger partial charge in [-0.1, -0.05) is 57.2 Å². The highest BCUT2D eigenvalue weighted by atomic mass is 32.2. The van der Waals surface area contributed by atoms with Gasteiger partial charge in [-0.15, -0.1) is 23.1 Å². The Morgan fingerprint density at radius 3 is 2.24 bits per heavy atom. The number of ketones is 1. The lowest BCUT2D eigenvalue weighted by Crippen LogP contribution is -2.42. The van der Waals surface area contributed by atoms with Crippen LogP contribution in [0.1, 0.15) is 54.2 Å². The van der Waals surface area contributed by atoms with Gasteiger partial charge in [0.1, 0.15) is 6.04 Å². The molecule has 2 aromatic heterocycles. The summed E-state index contributed by atoms with van der Waals surface area (Å²) in [4.78, 5) is 49.7. The van der Waals surface area contributed by atoms with Gasteiger partial charge < -0.3 is 10.4 Å². The number of amides is 1. The van der Waals surface area contributed by atoms with Gasteiger partial charge in [-0.05, 0) is 60.4 Å². The third-order valence-corrected chi connectivity index (χ3v) is 9.18. The summed E-state index contributed by atoms with van der Waals surface area (Å²) in [5.41, 5.74) is 3.58. The number of aliphatic carboxylic acids is 1. The molecule has 0 saturated carbocycles. The summed E-state index contributed by atoms with van der Waals surface area (Å²) >= 11 is 3.12. The second-order valence-corrected chi connectivity index (χ2v) is 13.2. The minimum absolute atomic E-state index is 0.0215. The predicted octanol–water partition coefficient (Wildman–Crippen LogP) is 6.91. The fourth-order valence-corrected chi connectivity index (χ4v) is 5.84. The highest BCUT2D eigenvalue weighted by molar-refractivity contribution is 7.98. The number of Topliss-reactive ketones (excluding diaryl/α,β-unsaturated/α-hetero) is 1. The van der Waals surface area contributed by atoms with Crippen molar-refractivity contribution in [2.45, 2.75) is 56.9 Å². The van der Waals surface area contributed by atoms with Crippen molar-refractivity contribution in [3.8, 4) is 22.5 Å². The van der Waals surface area contributed by atoms with E-state index in [4.69, 9.17) is 0 Å². The van der Waals surface area contributed by atoms with Gasteiger partial charge >= 0.3 is 5.97 Å². The second-order valence-electron chi connectivity index (χ2n) is 11.2. The van der Waals surface area contributed by atoms with Crippen molar-refractivity contribution in [3.63, 3.8) is 0 Å². The summed E-state index contributed by atoms with van der Waals surface area (Å²) in [6, 6.07) is 18.5. The molecule has 42 heavy (non-hydrogen) atoms. The van der Waals surface area contributed by atoms with Crippen LogP contribution in [0.3, 0.4) is 0 Å². The minimum atomic E-state index is -1.13. The van der Waals surface area contributed by atoms with E-state index >= 15 is 0 Å². The summed E-state index contributed by atoms with van der Waals surface area (Å²) in [6.45, 7) is 7.67. The zero-order valence-electron chi connectivity index (χ0n) is 24.4. The monoisotopic (exact) mass is 601 g/mol. The summed E-state index contributed by atoms with van der Waals surface area (Å²) in [7, 11) is 0. The first kappa shape index (κ1) is 31.1. The predicted molar refractivity (Wildman–Crippen MR) is 169 cm³/mol. The third-order valence-electron chi connectivity index (χ3n) is 6.90. The van der Waals surface area contributed by atoms with Crippen LogP contribution in [0.15, 0.2) is 78.0 Å². The van der Waals surface area contributed by atoms with Gasteiger partial charge in [-0.3, -0.25) is 14.4 Å². The first-order chi connectivity index (χ1) is 19.9. The molecule has 7 nitrogen and oxygen atoms in total. The molecule has 0 aliphatic heterocycles. The molecule has 2 atom stereocenters. The Labute approximate surface area is 254 Å². The van der Waals surface area contributed by atoms with Gasteiger partial charge in [0.25, 0.3) is 0 Å². The number of hydrogen-bond donors (Lipinski definition) is 2. The highest BCUT2D eigenvalue weighted by Crippen LogP contribution is 2.31.